The topological polar surface area (TPSA) is 62.6 Å². The van der Waals surface area contributed by atoms with Crippen LogP contribution in [0.25, 0.3) is 10.9 Å². The average molecular weight is 354 g/mol. The number of hydrogen-bond donors (Lipinski definition) is 2. The number of amides is 1. The second-order valence-electron chi connectivity index (χ2n) is 7.38. The van der Waals surface area contributed by atoms with Gasteiger partial charge in [-0.25, -0.2) is 9.97 Å². The summed E-state index contributed by atoms with van der Waals surface area (Å²) < 4.78 is 0. The average Bonchev–Trinajstić information content (AvgIpc) is 3.53. The molecule has 0 radical (unpaired) electrons. The number of benzene rings is 1. The summed E-state index contributed by atoms with van der Waals surface area (Å²) in [7, 11) is 0. The van der Waals surface area contributed by atoms with E-state index >= 15 is 0 Å². The number of nitrogens with one attached hydrogen (secondary N) is 2. The first-order valence-electron chi connectivity index (χ1n) is 9.86. The van der Waals surface area contributed by atoms with Gasteiger partial charge in [-0.2, -0.15) is 0 Å². The Morgan fingerprint density at radius 2 is 2.00 bits per heavy atom. The minimum Gasteiger partial charge on any atom is -0.369 e. The van der Waals surface area contributed by atoms with Gasteiger partial charge >= 0.3 is 0 Å². The molecular weight excluding hydrogens is 326 g/mol. The molecule has 0 unspecified atom stereocenters. The quantitative estimate of drug-likeness (QED) is 0.814. The van der Waals surface area contributed by atoms with Gasteiger partial charge in [0.15, 0.2) is 0 Å². The summed E-state index contributed by atoms with van der Waals surface area (Å²) >= 11 is 0. The molecule has 6 nitrogen and oxygen atoms in total. The third-order valence-electron chi connectivity index (χ3n) is 5.52. The number of aromatic nitrogens is 2. The lowest BCUT2D eigenvalue weighted by Gasteiger charge is -2.31. The molecule has 2 aliphatic rings. The Balaban J connectivity index is 1.38. The third-order valence-corrected chi connectivity index (χ3v) is 5.52. The van der Waals surface area contributed by atoms with E-state index in [9.17, 15) is 4.79 Å². The smallest absolute Gasteiger partial charge is 0.224 e. The SMILES string of the molecule is CC[NH+]1CCN(C(=O)CCNc2nc(C3CC3)nc3ccccc23)CC1. The third kappa shape index (κ3) is 3.80. The van der Waals surface area contributed by atoms with Crippen LogP contribution < -0.4 is 10.2 Å². The number of anilines is 1. The number of para-hydroxylation sites is 1. The molecule has 138 valence electrons. The van der Waals surface area contributed by atoms with Gasteiger partial charge in [0.25, 0.3) is 0 Å². The van der Waals surface area contributed by atoms with Crippen LogP contribution in [0.3, 0.4) is 0 Å². The van der Waals surface area contributed by atoms with Crippen molar-refractivity contribution in [1.29, 1.82) is 0 Å². The maximum absolute atomic E-state index is 12.5. The molecule has 2 N–H and O–H groups in total. The molecule has 1 aromatic carbocycles. The van der Waals surface area contributed by atoms with E-state index in [1.54, 1.807) is 4.90 Å². The Hall–Kier alpha value is -2.21. The summed E-state index contributed by atoms with van der Waals surface area (Å²) in [6.45, 7) is 7.86. The summed E-state index contributed by atoms with van der Waals surface area (Å²) in [6.07, 6.45) is 2.88. The lowest BCUT2D eigenvalue weighted by Crippen LogP contribution is -3.14. The van der Waals surface area contributed by atoms with E-state index < -0.39 is 0 Å². The van der Waals surface area contributed by atoms with Crippen molar-refractivity contribution >= 4 is 22.6 Å². The van der Waals surface area contributed by atoms with Crippen LogP contribution in [0.5, 0.6) is 0 Å². The van der Waals surface area contributed by atoms with Crippen molar-refractivity contribution in [3.63, 3.8) is 0 Å². The zero-order chi connectivity index (χ0) is 17.9. The van der Waals surface area contributed by atoms with Crippen molar-refractivity contribution in [3.05, 3.63) is 30.1 Å². The molecule has 1 aliphatic carbocycles. The van der Waals surface area contributed by atoms with E-state index in [1.165, 1.54) is 12.8 Å². The molecule has 1 aliphatic heterocycles. The van der Waals surface area contributed by atoms with Crippen LogP contribution >= 0.6 is 0 Å². The van der Waals surface area contributed by atoms with Crippen molar-refractivity contribution < 1.29 is 9.69 Å². The van der Waals surface area contributed by atoms with Gasteiger partial charge in [0.2, 0.25) is 5.91 Å². The van der Waals surface area contributed by atoms with Crippen molar-refractivity contribution in [2.24, 2.45) is 0 Å². The van der Waals surface area contributed by atoms with E-state index in [-0.39, 0.29) is 5.91 Å². The maximum Gasteiger partial charge on any atom is 0.224 e. The number of nitrogens with zero attached hydrogens (tertiary/aromatic N) is 3. The molecule has 0 bridgehead atoms. The predicted molar refractivity (Wildman–Crippen MR) is 102 cm³/mol. The highest BCUT2D eigenvalue weighted by molar-refractivity contribution is 5.89. The first kappa shape index (κ1) is 17.2. The van der Waals surface area contributed by atoms with Gasteiger partial charge in [-0.3, -0.25) is 4.79 Å². The number of fused-ring (bicyclic) bond motifs is 1. The number of likely N-dealkylation sites (N-methyl/N-ethyl adjacent to an activating group) is 1. The molecule has 1 amide bonds. The monoisotopic (exact) mass is 354 g/mol. The van der Waals surface area contributed by atoms with Crippen LogP contribution in [0.1, 0.15) is 37.9 Å². The van der Waals surface area contributed by atoms with Crippen molar-refractivity contribution in [1.82, 2.24) is 14.9 Å². The number of carbonyl (C=O) groups excluding carboxylic acids is 1. The van der Waals surface area contributed by atoms with E-state index in [2.05, 4.69) is 12.2 Å². The van der Waals surface area contributed by atoms with E-state index in [1.807, 2.05) is 29.2 Å². The highest BCUT2D eigenvalue weighted by Crippen LogP contribution is 2.39. The molecule has 2 heterocycles. The molecule has 1 aromatic heterocycles. The zero-order valence-electron chi connectivity index (χ0n) is 15.5. The normalized spacial score (nSPS) is 18.3. The first-order chi connectivity index (χ1) is 12.7. The Bertz CT molecular complexity index is 781. The first-order valence-corrected chi connectivity index (χ1v) is 9.86. The number of quaternary nitrogens is 1. The van der Waals surface area contributed by atoms with Gasteiger partial charge in [-0.15, -0.1) is 0 Å². The summed E-state index contributed by atoms with van der Waals surface area (Å²) in [6, 6.07) is 8.10. The molecule has 4 rings (SSSR count). The van der Waals surface area contributed by atoms with Crippen molar-refractivity contribution in [2.45, 2.75) is 32.1 Å². The molecule has 0 atom stereocenters. The fourth-order valence-corrected chi connectivity index (χ4v) is 3.63. The second-order valence-corrected chi connectivity index (χ2v) is 7.38. The Morgan fingerprint density at radius 3 is 2.73 bits per heavy atom. The Labute approximate surface area is 154 Å². The van der Waals surface area contributed by atoms with Crippen molar-refractivity contribution in [2.75, 3.05) is 44.6 Å². The number of carbonyl (C=O) groups is 1. The summed E-state index contributed by atoms with van der Waals surface area (Å²) in [4.78, 5) is 25.5. The van der Waals surface area contributed by atoms with Crippen LogP contribution in [0.2, 0.25) is 0 Å². The van der Waals surface area contributed by atoms with Gasteiger partial charge < -0.3 is 15.1 Å². The molecule has 2 aromatic rings. The molecule has 26 heavy (non-hydrogen) atoms. The standard InChI is InChI=1S/C20H27N5O/c1-2-24-11-13-25(14-12-24)18(26)9-10-21-20-16-5-3-4-6-17(16)22-19(23-20)15-7-8-15/h3-6,15H,2,7-14H2,1H3,(H,21,22,23)/p+1. The van der Waals surface area contributed by atoms with Gasteiger partial charge in [-0.1, -0.05) is 12.1 Å². The van der Waals surface area contributed by atoms with Gasteiger partial charge in [-0.05, 0) is 31.9 Å². The van der Waals surface area contributed by atoms with E-state index in [0.717, 1.165) is 55.3 Å². The Morgan fingerprint density at radius 1 is 1.23 bits per heavy atom. The maximum atomic E-state index is 12.5. The minimum atomic E-state index is 0.244. The van der Waals surface area contributed by atoms with Crippen LogP contribution in [0.4, 0.5) is 5.82 Å². The van der Waals surface area contributed by atoms with Crippen LogP contribution in [-0.4, -0.2) is 60.0 Å². The molecule has 6 heteroatoms. The number of rotatable bonds is 6. The zero-order valence-corrected chi connectivity index (χ0v) is 15.5. The summed E-state index contributed by atoms with van der Waals surface area (Å²) in [5.41, 5.74) is 0.983. The van der Waals surface area contributed by atoms with Gasteiger partial charge in [0, 0.05) is 24.3 Å². The Kier molecular flexibility index (Phi) is 5.02. The van der Waals surface area contributed by atoms with Crippen LogP contribution in [-0.2, 0) is 4.79 Å². The predicted octanol–water partition coefficient (Wildman–Crippen LogP) is 1.06. The number of hydrogen-bond acceptors (Lipinski definition) is 4. The van der Waals surface area contributed by atoms with Crippen LogP contribution in [0, 0.1) is 0 Å². The largest absolute Gasteiger partial charge is 0.369 e. The summed E-state index contributed by atoms with van der Waals surface area (Å²) in [5.74, 6) is 2.56. The molecule has 2 fully saturated rings. The lowest BCUT2D eigenvalue weighted by molar-refractivity contribution is -0.902. The lowest BCUT2D eigenvalue weighted by atomic mass is 10.2. The number of piperazine rings is 1. The highest BCUT2D eigenvalue weighted by Gasteiger charge is 2.27. The van der Waals surface area contributed by atoms with Gasteiger partial charge in [0.1, 0.15) is 11.6 Å². The molecule has 1 saturated carbocycles. The van der Waals surface area contributed by atoms with Gasteiger partial charge in [0.05, 0.1) is 38.2 Å². The molecule has 1 saturated heterocycles. The minimum absolute atomic E-state index is 0.244. The van der Waals surface area contributed by atoms with Crippen molar-refractivity contribution in [3.8, 4) is 0 Å². The second kappa shape index (κ2) is 7.58. The van der Waals surface area contributed by atoms with E-state index in [0.29, 0.717) is 18.9 Å². The highest BCUT2D eigenvalue weighted by atomic mass is 16.2. The van der Waals surface area contributed by atoms with E-state index in [4.69, 9.17) is 9.97 Å². The molecule has 0 spiro atoms. The fourth-order valence-electron chi connectivity index (χ4n) is 3.63. The van der Waals surface area contributed by atoms with Crippen LogP contribution in [0.15, 0.2) is 24.3 Å². The fraction of sp³-hybridized carbons (Fsp3) is 0.550. The molecular formula is C20H28N5O+. The summed E-state index contributed by atoms with van der Waals surface area (Å²) in [5, 5.41) is 4.43.